The molecule has 0 saturated carbocycles. The summed E-state index contributed by atoms with van der Waals surface area (Å²) in [5.74, 6) is 0.971. The van der Waals surface area contributed by atoms with Gasteiger partial charge in [0.05, 0.1) is 12.4 Å². The van der Waals surface area contributed by atoms with Crippen molar-refractivity contribution in [3.63, 3.8) is 0 Å². The fourth-order valence-corrected chi connectivity index (χ4v) is 3.50. The van der Waals surface area contributed by atoms with E-state index in [1.165, 1.54) is 6.42 Å². The van der Waals surface area contributed by atoms with Crippen LogP contribution in [0.25, 0.3) is 17.0 Å². The lowest BCUT2D eigenvalue weighted by molar-refractivity contribution is 0.343. The SMILES string of the molecule is Cc1c(-c2cn(C3CNC3)cn2)nc(N2CC[C@@H]2C)c2nccn12. The van der Waals surface area contributed by atoms with Crippen LogP contribution >= 0.6 is 0 Å². The first-order valence-corrected chi connectivity index (χ1v) is 8.57. The summed E-state index contributed by atoms with van der Waals surface area (Å²) in [7, 11) is 0. The summed E-state index contributed by atoms with van der Waals surface area (Å²) in [6, 6.07) is 1.03. The molecule has 5 rings (SSSR count). The number of nitrogens with zero attached hydrogens (tertiary/aromatic N) is 6. The van der Waals surface area contributed by atoms with Gasteiger partial charge in [0.25, 0.3) is 0 Å². The summed E-state index contributed by atoms with van der Waals surface area (Å²) in [4.78, 5) is 16.5. The lowest BCUT2D eigenvalue weighted by atomic mass is 10.1. The van der Waals surface area contributed by atoms with Gasteiger partial charge in [0.15, 0.2) is 11.5 Å². The van der Waals surface area contributed by atoms with Crippen LogP contribution in [-0.2, 0) is 0 Å². The van der Waals surface area contributed by atoms with Gasteiger partial charge in [-0.25, -0.2) is 15.0 Å². The van der Waals surface area contributed by atoms with Crippen LogP contribution in [0.15, 0.2) is 24.9 Å². The van der Waals surface area contributed by atoms with Crippen molar-refractivity contribution in [2.24, 2.45) is 0 Å². The minimum absolute atomic E-state index is 0.512. The number of nitrogens with one attached hydrogen (secondary N) is 1. The molecular weight excluding hydrogens is 302 g/mol. The van der Waals surface area contributed by atoms with E-state index in [0.29, 0.717) is 12.1 Å². The maximum absolute atomic E-state index is 4.98. The molecule has 2 saturated heterocycles. The largest absolute Gasteiger partial charge is 0.351 e. The predicted molar refractivity (Wildman–Crippen MR) is 92.3 cm³/mol. The second kappa shape index (κ2) is 5.04. The smallest absolute Gasteiger partial charge is 0.180 e. The Morgan fingerprint density at radius 1 is 1.25 bits per heavy atom. The molecule has 3 aromatic rings. The Morgan fingerprint density at radius 2 is 2.12 bits per heavy atom. The highest BCUT2D eigenvalue weighted by atomic mass is 15.3. The Kier molecular flexibility index (Phi) is 2.94. The van der Waals surface area contributed by atoms with Crippen molar-refractivity contribution in [2.75, 3.05) is 24.5 Å². The molecule has 24 heavy (non-hydrogen) atoms. The molecule has 0 amide bonds. The Hall–Kier alpha value is -2.41. The molecule has 0 bridgehead atoms. The number of imidazole rings is 2. The van der Waals surface area contributed by atoms with E-state index in [2.05, 4.69) is 49.2 Å². The molecule has 0 spiro atoms. The topological polar surface area (TPSA) is 63.3 Å². The Bertz CT molecular complexity index is 905. The van der Waals surface area contributed by atoms with Gasteiger partial charge in [-0.15, -0.1) is 0 Å². The summed E-state index contributed by atoms with van der Waals surface area (Å²) in [5.41, 5.74) is 3.90. The molecule has 2 aliphatic heterocycles. The average Bonchev–Trinajstić information content (AvgIpc) is 3.16. The van der Waals surface area contributed by atoms with E-state index in [1.807, 2.05) is 18.7 Å². The van der Waals surface area contributed by atoms with Crippen molar-refractivity contribution in [2.45, 2.75) is 32.4 Å². The molecule has 5 heterocycles. The second-order valence-electron chi connectivity index (χ2n) is 6.84. The van der Waals surface area contributed by atoms with E-state index >= 15 is 0 Å². The van der Waals surface area contributed by atoms with Crippen molar-refractivity contribution in [1.29, 1.82) is 0 Å². The van der Waals surface area contributed by atoms with Crippen LogP contribution in [0.3, 0.4) is 0 Å². The van der Waals surface area contributed by atoms with E-state index in [4.69, 9.17) is 4.98 Å². The highest BCUT2D eigenvalue weighted by molar-refractivity contribution is 5.72. The maximum atomic E-state index is 4.98. The van der Waals surface area contributed by atoms with Crippen molar-refractivity contribution < 1.29 is 0 Å². The quantitative estimate of drug-likeness (QED) is 0.794. The Labute approximate surface area is 140 Å². The molecule has 1 N–H and O–H groups in total. The maximum Gasteiger partial charge on any atom is 0.180 e. The molecule has 7 heteroatoms. The summed E-state index contributed by atoms with van der Waals surface area (Å²) in [5, 5.41) is 3.30. The number of rotatable bonds is 3. The molecule has 0 radical (unpaired) electrons. The zero-order valence-electron chi connectivity index (χ0n) is 14.0. The molecule has 2 fully saturated rings. The van der Waals surface area contributed by atoms with Crippen LogP contribution < -0.4 is 10.2 Å². The van der Waals surface area contributed by atoms with Crippen molar-refractivity contribution in [1.82, 2.24) is 29.2 Å². The molecule has 7 nitrogen and oxygen atoms in total. The Balaban J connectivity index is 1.64. The zero-order chi connectivity index (χ0) is 16.3. The van der Waals surface area contributed by atoms with Crippen molar-refractivity contribution in [3.8, 4) is 11.4 Å². The number of fused-ring (bicyclic) bond motifs is 1. The van der Waals surface area contributed by atoms with Crippen LogP contribution in [0.4, 0.5) is 5.82 Å². The molecule has 124 valence electrons. The lowest BCUT2D eigenvalue weighted by Crippen LogP contribution is -2.46. The van der Waals surface area contributed by atoms with Crippen LogP contribution in [0.5, 0.6) is 0 Å². The summed E-state index contributed by atoms with van der Waals surface area (Å²) >= 11 is 0. The molecule has 1 atom stereocenters. The molecule has 0 aliphatic carbocycles. The van der Waals surface area contributed by atoms with Crippen LogP contribution in [0.1, 0.15) is 25.1 Å². The van der Waals surface area contributed by atoms with Crippen LogP contribution in [-0.4, -0.2) is 49.6 Å². The summed E-state index contributed by atoms with van der Waals surface area (Å²) < 4.78 is 4.32. The normalized spacial score (nSPS) is 21.1. The molecule has 3 aromatic heterocycles. The summed E-state index contributed by atoms with van der Waals surface area (Å²) in [6.07, 6.45) is 9.11. The van der Waals surface area contributed by atoms with Gasteiger partial charge in [-0.2, -0.15) is 0 Å². The second-order valence-corrected chi connectivity index (χ2v) is 6.84. The molecule has 2 aliphatic rings. The van der Waals surface area contributed by atoms with Crippen LogP contribution in [0.2, 0.25) is 0 Å². The number of hydrogen-bond donors (Lipinski definition) is 1. The molecular formula is C17H21N7. The lowest BCUT2D eigenvalue weighted by Gasteiger charge is -2.40. The zero-order valence-corrected chi connectivity index (χ0v) is 14.0. The third kappa shape index (κ3) is 1.91. The fraction of sp³-hybridized carbons (Fsp3) is 0.471. The summed E-state index contributed by atoms with van der Waals surface area (Å²) in [6.45, 7) is 7.40. The van der Waals surface area contributed by atoms with Crippen molar-refractivity contribution >= 4 is 11.5 Å². The monoisotopic (exact) mass is 323 g/mol. The van der Waals surface area contributed by atoms with Gasteiger partial charge >= 0.3 is 0 Å². The highest BCUT2D eigenvalue weighted by Crippen LogP contribution is 2.32. The number of hydrogen-bond acceptors (Lipinski definition) is 5. The third-order valence-corrected chi connectivity index (χ3v) is 5.38. The minimum atomic E-state index is 0.512. The van der Waals surface area contributed by atoms with Gasteiger partial charge in [0.1, 0.15) is 11.4 Å². The van der Waals surface area contributed by atoms with Gasteiger partial charge in [-0.3, -0.25) is 4.40 Å². The third-order valence-electron chi connectivity index (χ3n) is 5.38. The van der Waals surface area contributed by atoms with E-state index in [1.54, 1.807) is 0 Å². The van der Waals surface area contributed by atoms with Gasteiger partial charge in [-0.1, -0.05) is 0 Å². The van der Waals surface area contributed by atoms with Gasteiger partial charge < -0.3 is 14.8 Å². The van der Waals surface area contributed by atoms with Gasteiger partial charge in [0.2, 0.25) is 0 Å². The van der Waals surface area contributed by atoms with E-state index < -0.39 is 0 Å². The molecule has 0 unspecified atom stereocenters. The first kappa shape index (κ1) is 14.0. The van der Waals surface area contributed by atoms with E-state index in [0.717, 1.165) is 48.2 Å². The van der Waals surface area contributed by atoms with Gasteiger partial charge in [0, 0.05) is 50.0 Å². The first-order chi connectivity index (χ1) is 11.7. The fourth-order valence-electron chi connectivity index (χ4n) is 3.50. The van der Waals surface area contributed by atoms with Gasteiger partial charge in [-0.05, 0) is 20.3 Å². The van der Waals surface area contributed by atoms with E-state index in [9.17, 15) is 0 Å². The highest BCUT2D eigenvalue weighted by Gasteiger charge is 2.29. The first-order valence-electron chi connectivity index (χ1n) is 8.57. The average molecular weight is 323 g/mol. The standard InChI is InChI=1S/C17H21N7/c1-11-3-5-23(11)17-16-19-4-6-24(16)12(2)15(21-17)14-9-22(10-20-14)13-7-18-8-13/h4,6,9-11,13,18H,3,5,7-8H2,1-2H3/t11-/m0/s1. The predicted octanol–water partition coefficient (Wildman–Crippen LogP) is 1.64. The number of anilines is 1. The van der Waals surface area contributed by atoms with Crippen LogP contribution in [0, 0.1) is 6.92 Å². The molecule has 0 aromatic carbocycles. The number of aromatic nitrogens is 5. The van der Waals surface area contributed by atoms with Crippen molar-refractivity contribution in [3.05, 3.63) is 30.6 Å². The number of aryl methyl sites for hydroxylation is 1. The Morgan fingerprint density at radius 3 is 2.79 bits per heavy atom. The minimum Gasteiger partial charge on any atom is -0.351 e. The van der Waals surface area contributed by atoms with E-state index in [-0.39, 0.29) is 0 Å².